The van der Waals surface area contributed by atoms with Gasteiger partial charge in [-0.15, -0.1) is 0 Å². The van der Waals surface area contributed by atoms with Crippen LogP contribution in [0.1, 0.15) is 16.8 Å². The Balaban J connectivity index is 2.55. The second-order valence-electron chi connectivity index (χ2n) is 4.20. The molecule has 0 aliphatic carbocycles. The molecule has 0 unspecified atom stereocenters. The predicted molar refractivity (Wildman–Crippen MR) is 74.0 cm³/mol. The molecule has 0 radical (unpaired) electrons. The van der Waals surface area contributed by atoms with Crippen LogP contribution in [0.3, 0.4) is 0 Å². The van der Waals surface area contributed by atoms with Crippen molar-refractivity contribution in [1.82, 2.24) is 15.3 Å². The Labute approximate surface area is 110 Å². The van der Waals surface area contributed by atoms with Crippen LogP contribution in [0, 0.1) is 13.8 Å². The van der Waals surface area contributed by atoms with Crippen LogP contribution in [0.25, 0.3) is 11.3 Å². The molecule has 17 heavy (non-hydrogen) atoms. The first-order valence-electron chi connectivity index (χ1n) is 5.58. The number of nitrogens with one attached hydrogen (secondary N) is 2. The molecule has 2 N–H and O–H groups in total. The van der Waals surface area contributed by atoms with Gasteiger partial charge in [0.25, 0.3) is 0 Å². The fraction of sp³-hybridized carbons (Fsp3) is 0.308. The van der Waals surface area contributed by atoms with Gasteiger partial charge in [-0.05, 0) is 48.5 Å². The van der Waals surface area contributed by atoms with E-state index in [0.29, 0.717) is 0 Å². The molecule has 0 aliphatic rings. The molecule has 0 saturated heterocycles. The van der Waals surface area contributed by atoms with Gasteiger partial charge in [-0.1, -0.05) is 17.7 Å². The highest BCUT2D eigenvalue weighted by atomic mass is 79.9. The third-order valence-electron chi connectivity index (χ3n) is 2.75. The summed E-state index contributed by atoms with van der Waals surface area (Å²) in [7, 11) is 1.93. The molecule has 0 spiro atoms. The zero-order chi connectivity index (χ0) is 12.4. The van der Waals surface area contributed by atoms with E-state index in [1.807, 2.05) is 7.05 Å². The van der Waals surface area contributed by atoms with Gasteiger partial charge < -0.3 is 10.3 Å². The topological polar surface area (TPSA) is 40.7 Å². The molecule has 3 nitrogen and oxygen atoms in total. The van der Waals surface area contributed by atoms with Gasteiger partial charge >= 0.3 is 0 Å². The van der Waals surface area contributed by atoms with Crippen LogP contribution in [-0.2, 0) is 6.54 Å². The summed E-state index contributed by atoms with van der Waals surface area (Å²) in [5.74, 6) is 0. The number of halogens is 1. The number of aromatic nitrogens is 2. The number of hydrogen-bond donors (Lipinski definition) is 2. The molecule has 0 aliphatic heterocycles. The zero-order valence-electron chi connectivity index (χ0n) is 10.3. The Kier molecular flexibility index (Phi) is 3.64. The maximum Gasteiger partial charge on any atom is 0.175 e. The fourth-order valence-corrected chi connectivity index (χ4v) is 2.31. The van der Waals surface area contributed by atoms with Gasteiger partial charge in [0.05, 0.1) is 11.4 Å². The summed E-state index contributed by atoms with van der Waals surface area (Å²) < 4.78 is 0.777. The molecule has 0 amide bonds. The van der Waals surface area contributed by atoms with Gasteiger partial charge in [0.15, 0.2) is 4.73 Å². The zero-order valence-corrected chi connectivity index (χ0v) is 11.9. The third kappa shape index (κ3) is 2.58. The molecule has 2 aromatic rings. The second kappa shape index (κ2) is 5.02. The molecule has 0 fully saturated rings. The van der Waals surface area contributed by atoms with E-state index in [2.05, 4.69) is 63.3 Å². The van der Waals surface area contributed by atoms with E-state index in [-0.39, 0.29) is 0 Å². The lowest BCUT2D eigenvalue weighted by molar-refractivity contribution is 0.797. The van der Waals surface area contributed by atoms with Gasteiger partial charge in [-0.25, -0.2) is 4.98 Å². The third-order valence-corrected chi connectivity index (χ3v) is 3.13. The normalized spacial score (nSPS) is 10.8. The highest BCUT2D eigenvalue weighted by molar-refractivity contribution is 9.10. The number of aryl methyl sites for hydroxylation is 2. The number of benzene rings is 1. The van der Waals surface area contributed by atoms with Crippen LogP contribution in [0.15, 0.2) is 22.9 Å². The maximum atomic E-state index is 4.52. The summed E-state index contributed by atoms with van der Waals surface area (Å²) in [4.78, 5) is 7.76. The summed E-state index contributed by atoms with van der Waals surface area (Å²) in [6, 6.07) is 6.44. The molecular formula is C13H16BrN3. The smallest absolute Gasteiger partial charge is 0.175 e. The maximum absolute atomic E-state index is 4.52. The average molecular weight is 294 g/mol. The predicted octanol–water partition coefficient (Wildman–Crippen LogP) is 3.18. The van der Waals surface area contributed by atoms with Gasteiger partial charge in [0.1, 0.15) is 0 Å². The molecule has 90 valence electrons. The largest absolute Gasteiger partial charge is 0.335 e. The summed E-state index contributed by atoms with van der Waals surface area (Å²) >= 11 is 3.40. The Morgan fingerprint density at radius 3 is 2.82 bits per heavy atom. The second-order valence-corrected chi connectivity index (χ2v) is 4.95. The SMILES string of the molecule is CNCc1[nH]c(Br)nc1-c1cc(C)ccc1C. The standard InChI is InChI=1S/C13H16BrN3/c1-8-4-5-9(2)10(6-8)12-11(7-15-3)16-13(14)17-12/h4-6,15H,7H2,1-3H3,(H,16,17). The van der Waals surface area contributed by atoms with Crippen molar-refractivity contribution >= 4 is 15.9 Å². The van der Waals surface area contributed by atoms with Gasteiger partial charge in [-0.3, -0.25) is 0 Å². The average Bonchev–Trinajstić information content (AvgIpc) is 2.64. The summed E-state index contributed by atoms with van der Waals surface area (Å²) in [5, 5.41) is 3.15. The van der Waals surface area contributed by atoms with E-state index in [9.17, 15) is 0 Å². The Morgan fingerprint density at radius 2 is 2.12 bits per heavy atom. The minimum Gasteiger partial charge on any atom is -0.335 e. The number of rotatable bonds is 3. The van der Waals surface area contributed by atoms with Crippen LogP contribution < -0.4 is 5.32 Å². The molecule has 1 aromatic carbocycles. The van der Waals surface area contributed by atoms with Crippen molar-refractivity contribution in [2.24, 2.45) is 0 Å². The van der Waals surface area contributed by atoms with Crippen LogP contribution in [0.2, 0.25) is 0 Å². The number of nitrogens with zero attached hydrogens (tertiary/aromatic N) is 1. The Bertz CT molecular complexity index is 531. The van der Waals surface area contributed by atoms with Gasteiger partial charge in [-0.2, -0.15) is 0 Å². The molecule has 0 bridgehead atoms. The number of hydrogen-bond acceptors (Lipinski definition) is 2. The van der Waals surface area contributed by atoms with Crippen LogP contribution >= 0.6 is 15.9 Å². The van der Waals surface area contributed by atoms with Crippen molar-refractivity contribution in [1.29, 1.82) is 0 Å². The van der Waals surface area contributed by atoms with Gasteiger partial charge in [0, 0.05) is 12.1 Å². The van der Waals surface area contributed by atoms with E-state index in [4.69, 9.17) is 0 Å². The van der Waals surface area contributed by atoms with E-state index >= 15 is 0 Å². The Hall–Kier alpha value is -1.13. The molecule has 1 aromatic heterocycles. The van der Waals surface area contributed by atoms with Gasteiger partial charge in [0.2, 0.25) is 0 Å². The summed E-state index contributed by atoms with van der Waals surface area (Å²) in [5.41, 5.74) is 5.81. The van der Waals surface area contributed by atoms with Crippen molar-refractivity contribution in [3.8, 4) is 11.3 Å². The lowest BCUT2D eigenvalue weighted by Gasteiger charge is -2.07. The van der Waals surface area contributed by atoms with E-state index < -0.39 is 0 Å². The van der Waals surface area contributed by atoms with Crippen LogP contribution in [0.5, 0.6) is 0 Å². The number of aromatic amines is 1. The number of imidazole rings is 1. The molecular weight excluding hydrogens is 278 g/mol. The fourth-order valence-electron chi connectivity index (χ4n) is 1.90. The minimum absolute atomic E-state index is 0.777. The molecule has 2 rings (SSSR count). The summed E-state index contributed by atoms with van der Waals surface area (Å²) in [6.45, 7) is 4.99. The quantitative estimate of drug-likeness (QED) is 0.913. The lowest BCUT2D eigenvalue weighted by atomic mass is 10.0. The van der Waals surface area contributed by atoms with E-state index in [1.165, 1.54) is 16.7 Å². The van der Waals surface area contributed by atoms with E-state index in [0.717, 1.165) is 22.7 Å². The van der Waals surface area contributed by atoms with E-state index in [1.54, 1.807) is 0 Å². The molecule has 0 saturated carbocycles. The van der Waals surface area contributed by atoms with Crippen molar-refractivity contribution < 1.29 is 0 Å². The summed E-state index contributed by atoms with van der Waals surface area (Å²) in [6.07, 6.45) is 0. The van der Waals surface area contributed by atoms with Crippen molar-refractivity contribution in [3.05, 3.63) is 39.8 Å². The first-order valence-corrected chi connectivity index (χ1v) is 6.37. The lowest BCUT2D eigenvalue weighted by Crippen LogP contribution is -2.06. The molecule has 0 atom stereocenters. The van der Waals surface area contributed by atoms with Crippen molar-refractivity contribution in [2.45, 2.75) is 20.4 Å². The Morgan fingerprint density at radius 1 is 1.35 bits per heavy atom. The monoisotopic (exact) mass is 293 g/mol. The minimum atomic E-state index is 0.777. The van der Waals surface area contributed by atoms with Crippen molar-refractivity contribution in [3.63, 3.8) is 0 Å². The number of H-pyrrole nitrogens is 1. The van der Waals surface area contributed by atoms with Crippen LogP contribution in [0.4, 0.5) is 0 Å². The highest BCUT2D eigenvalue weighted by Crippen LogP contribution is 2.27. The molecule has 1 heterocycles. The first kappa shape index (κ1) is 12.3. The first-order chi connectivity index (χ1) is 8.11. The molecule has 4 heteroatoms. The van der Waals surface area contributed by atoms with Crippen molar-refractivity contribution in [2.75, 3.05) is 7.05 Å². The van der Waals surface area contributed by atoms with Crippen LogP contribution in [-0.4, -0.2) is 17.0 Å². The highest BCUT2D eigenvalue weighted by Gasteiger charge is 2.12.